The number of hydrogen-bond donors (Lipinski definition) is 1. The number of rotatable bonds is 11. The number of aryl methyl sites for hydroxylation is 1. The molecular formula is C22H26NO5-. The highest BCUT2D eigenvalue weighted by Gasteiger charge is 2.08. The minimum absolute atomic E-state index is 0.0711. The van der Waals surface area contributed by atoms with Gasteiger partial charge in [0.2, 0.25) is 5.91 Å². The molecule has 28 heavy (non-hydrogen) atoms. The summed E-state index contributed by atoms with van der Waals surface area (Å²) in [6.07, 6.45) is 0.265. The van der Waals surface area contributed by atoms with Crippen molar-refractivity contribution in [2.45, 2.75) is 39.7 Å². The third kappa shape index (κ3) is 7.31. The summed E-state index contributed by atoms with van der Waals surface area (Å²) < 4.78 is 11.6. The van der Waals surface area contributed by atoms with Crippen molar-refractivity contribution in [2.24, 2.45) is 0 Å². The molecule has 0 aromatic heterocycles. The fourth-order valence-electron chi connectivity index (χ4n) is 2.59. The van der Waals surface area contributed by atoms with Gasteiger partial charge < -0.3 is 24.7 Å². The summed E-state index contributed by atoms with van der Waals surface area (Å²) in [5, 5.41) is 13.1. The van der Waals surface area contributed by atoms with E-state index in [1.54, 1.807) is 0 Å². The van der Waals surface area contributed by atoms with Crippen molar-refractivity contribution in [3.05, 3.63) is 59.2 Å². The highest BCUT2D eigenvalue weighted by molar-refractivity contribution is 5.79. The molecule has 0 bridgehead atoms. The van der Waals surface area contributed by atoms with Crippen LogP contribution < -0.4 is 19.9 Å². The molecule has 0 saturated carbocycles. The van der Waals surface area contributed by atoms with Gasteiger partial charge in [0.1, 0.15) is 6.61 Å². The van der Waals surface area contributed by atoms with Crippen LogP contribution >= 0.6 is 0 Å². The van der Waals surface area contributed by atoms with Gasteiger partial charge >= 0.3 is 0 Å². The van der Waals surface area contributed by atoms with Crippen molar-refractivity contribution in [3.63, 3.8) is 0 Å². The average molecular weight is 384 g/mol. The lowest BCUT2D eigenvalue weighted by Crippen LogP contribution is -2.29. The Morgan fingerprint density at radius 2 is 1.68 bits per heavy atom. The molecule has 2 aromatic carbocycles. The van der Waals surface area contributed by atoms with E-state index in [9.17, 15) is 14.7 Å². The number of ether oxygens (including phenoxy) is 2. The van der Waals surface area contributed by atoms with Gasteiger partial charge in [0.25, 0.3) is 0 Å². The normalized spacial score (nSPS) is 10.4. The molecule has 0 aliphatic carbocycles. The molecule has 0 atom stereocenters. The minimum atomic E-state index is -1.22. The fraction of sp³-hybridized carbons (Fsp3) is 0.364. The lowest BCUT2D eigenvalue weighted by Gasteiger charge is -2.14. The quantitative estimate of drug-likeness (QED) is 0.641. The Morgan fingerprint density at radius 3 is 2.36 bits per heavy atom. The zero-order valence-electron chi connectivity index (χ0n) is 16.3. The first kappa shape index (κ1) is 21.3. The van der Waals surface area contributed by atoms with Crippen LogP contribution in [-0.2, 0) is 22.6 Å². The maximum atomic E-state index is 11.6. The Balaban J connectivity index is 1.91. The number of carbonyl (C=O) groups is 2. The topological polar surface area (TPSA) is 87.7 Å². The Labute approximate surface area is 165 Å². The fourth-order valence-corrected chi connectivity index (χ4v) is 2.59. The number of aliphatic carboxylic acids is 1. The summed E-state index contributed by atoms with van der Waals surface area (Å²) in [5.41, 5.74) is 3.28. The first-order chi connectivity index (χ1) is 13.5. The van der Waals surface area contributed by atoms with Gasteiger partial charge in [-0.15, -0.1) is 0 Å². The van der Waals surface area contributed by atoms with Crippen molar-refractivity contribution < 1.29 is 24.2 Å². The van der Waals surface area contributed by atoms with E-state index in [1.165, 1.54) is 5.56 Å². The van der Waals surface area contributed by atoms with Crippen LogP contribution in [-0.4, -0.2) is 25.0 Å². The van der Waals surface area contributed by atoms with Gasteiger partial charge in [0, 0.05) is 18.9 Å². The second-order valence-corrected chi connectivity index (χ2v) is 6.46. The van der Waals surface area contributed by atoms with Crippen LogP contribution in [0.25, 0.3) is 0 Å². The Morgan fingerprint density at radius 1 is 0.964 bits per heavy atom. The lowest BCUT2D eigenvalue weighted by atomic mass is 10.1. The van der Waals surface area contributed by atoms with Gasteiger partial charge in [-0.2, -0.15) is 0 Å². The van der Waals surface area contributed by atoms with Crippen molar-refractivity contribution >= 4 is 11.9 Å². The van der Waals surface area contributed by atoms with Crippen LogP contribution in [0, 0.1) is 6.92 Å². The molecule has 1 N–H and O–H groups in total. The third-order valence-electron chi connectivity index (χ3n) is 4.11. The zero-order valence-corrected chi connectivity index (χ0v) is 16.3. The maximum Gasteiger partial charge on any atom is 0.220 e. The molecule has 6 heteroatoms. The largest absolute Gasteiger partial charge is 0.550 e. The summed E-state index contributed by atoms with van der Waals surface area (Å²) in [6, 6.07) is 13.9. The molecule has 0 radical (unpaired) electrons. The van der Waals surface area contributed by atoms with Gasteiger partial charge in [0.05, 0.1) is 6.61 Å². The number of hydrogen-bond acceptors (Lipinski definition) is 5. The van der Waals surface area contributed by atoms with Gasteiger partial charge in [-0.25, -0.2) is 0 Å². The first-order valence-electron chi connectivity index (χ1n) is 9.38. The summed E-state index contributed by atoms with van der Waals surface area (Å²) in [4.78, 5) is 21.9. The molecule has 0 aliphatic heterocycles. The maximum absolute atomic E-state index is 11.6. The summed E-state index contributed by atoms with van der Waals surface area (Å²) in [5.74, 6) is -0.190. The SMILES string of the molecule is CCOc1cc(CCNC(=O)CCC(=O)[O-])ccc1OCc1ccc(C)cc1. The Bertz CT molecular complexity index is 786. The molecule has 6 nitrogen and oxygen atoms in total. The number of carboxylic acid groups (broad SMARTS) is 1. The van der Waals surface area contributed by atoms with E-state index < -0.39 is 5.97 Å². The molecule has 0 spiro atoms. The zero-order chi connectivity index (χ0) is 20.4. The van der Waals surface area contributed by atoms with Crippen molar-refractivity contribution in [1.82, 2.24) is 5.32 Å². The smallest absolute Gasteiger partial charge is 0.220 e. The highest BCUT2D eigenvalue weighted by Crippen LogP contribution is 2.29. The van der Waals surface area contributed by atoms with E-state index in [0.29, 0.717) is 37.7 Å². The number of nitrogens with one attached hydrogen (secondary N) is 1. The van der Waals surface area contributed by atoms with Crippen LogP contribution in [0.4, 0.5) is 0 Å². The van der Waals surface area contributed by atoms with Crippen LogP contribution in [0.5, 0.6) is 11.5 Å². The molecular weight excluding hydrogens is 358 g/mol. The van der Waals surface area contributed by atoms with Gasteiger partial charge in [-0.05, 0) is 49.9 Å². The monoisotopic (exact) mass is 384 g/mol. The van der Waals surface area contributed by atoms with E-state index in [2.05, 4.69) is 5.32 Å². The minimum Gasteiger partial charge on any atom is -0.550 e. The molecule has 0 aliphatic rings. The average Bonchev–Trinajstić information content (AvgIpc) is 2.67. The van der Waals surface area contributed by atoms with E-state index in [-0.39, 0.29) is 18.7 Å². The predicted octanol–water partition coefficient (Wildman–Crippen LogP) is 2.16. The van der Waals surface area contributed by atoms with E-state index in [1.807, 2.05) is 56.3 Å². The predicted molar refractivity (Wildman–Crippen MR) is 104 cm³/mol. The molecule has 1 amide bonds. The second-order valence-electron chi connectivity index (χ2n) is 6.46. The molecule has 0 saturated heterocycles. The third-order valence-corrected chi connectivity index (χ3v) is 4.11. The second kappa shape index (κ2) is 11.0. The molecule has 0 fully saturated rings. The number of benzene rings is 2. The van der Waals surface area contributed by atoms with Crippen LogP contribution in [0.1, 0.15) is 36.5 Å². The lowest BCUT2D eigenvalue weighted by molar-refractivity contribution is -0.305. The van der Waals surface area contributed by atoms with Crippen molar-refractivity contribution in [2.75, 3.05) is 13.2 Å². The molecule has 2 aromatic rings. The summed E-state index contributed by atoms with van der Waals surface area (Å²) in [7, 11) is 0. The first-order valence-corrected chi connectivity index (χ1v) is 9.38. The molecule has 150 valence electrons. The van der Waals surface area contributed by atoms with Gasteiger partial charge in [0.15, 0.2) is 11.5 Å². The summed E-state index contributed by atoms with van der Waals surface area (Å²) in [6.45, 7) is 5.34. The summed E-state index contributed by atoms with van der Waals surface area (Å²) >= 11 is 0. The number of carbonyl (C=O) groups excluding carboxylic acids is 2. The van der Waals surface area contributed by atoms with E-state index in [4.69, 9.17) is 9.47 Å². The van der Waals surface area contributed by atoms with Crippen molar-refractivity contribution in [1.29, 1.82) is 0 Å². The molecule has 0 unspecified atom stereocenters. The van der Waals surface area contributed by atoms with Gasteiger partial charge in [-0.1, -0.05) is 35.9 Å². The van der Waals surface area contributed by atoms with Crippen LogP contribution in [0.3, 0.4) is 0 Å². The van der Waals surface area contributed by atoms with Gasteiger partial charge in [-0.3, -0.25) is 4.79 Å². The van der Waals surface area contributed by atoms with Crippen LogP contribution in [0.2, 0.25) is 0 Å². The van der Waals surface area contributed by atoms with E-state index in [0.717, 1.165) is 11.1 Å². The van der Waals surface area contributed by atoms with Crippen molar-refractivity contribution in [3.8, 4) is 11.5 Å². The molecule has 0 heterocycles. The number of amides is 1. The van der Waals surface area contributed by atoms with E-state index >= 15 is 0 Å². The van der Waals surface area contributed by atoms with Crippen LogP contribution in [0.15, 0.2) is 42.5 Å². The standard InChI is InChI=1S/C22H27NO5/c1-3-27-20-14-17(12-13-23-21(24)10-11-22(25)26)8-9-19(20)28-15-18-6-4-16(2)5-7-18/h4-9,14H,3,10-13,15H2,1-2H3,(H,23,24)(H,25,26)/p-1. The Hall–Kier alpha value is -3.02. The highest BCUT2D eigenvalue weighted by atomic mass is 16.5. The number of carboxylic acids is 1. The molecule has 2 rings (SSSR count). The Kier molecular flexibility index (Phi) is 8.34.